The molecule has 6 nitrogen and oxygen atoms in total. The summed E-state index contributed by atoms with van der Waals surface area (Å²) < 4.78 is 11.7. The molecule has 3 heterocycles. The maximum Gasteiger partial charge on any atom is 0.356 e. The van der Waals surface area contributed by atoms with E-state index < -0.39 is 0 Å². The number of hydrogen-bond acceptors (Lipinski definition) is 7. The predicted molar refractivity (Wildman–Crippen MR) is 130 cm³/mol. The van der Waals surface area contributed by atoms with Crippen molar-refractivity contribution in [3.63, 3.8) is 0 Å². The molecule has 1 atom stereocenters. The van der Waals surface area contributed by atoms with Crippen molar-refractivity contribution in [2.75, 3.05) is 19.7 Å². The van der Waals surface area contributed by atoms with Crippen molar-refractivity contribution in [1.29, 1.82) is 0 Å². The summed E-state index contributed by atoms with van der Waals surface area (Å²) >= 11 is 7.72. The molecule has 1 fully saturated rings. The third kappa shape index (κ3) is 6.38. The van der Waals surface area contributed by atoms with Gasteiger partial charge in [-0.3, -0.25) is 4.90 Å². The van der Waals surface area contributed by atoms with Crippen LogP contribution < -0.4 is 0 Å². The number of esters is 1. The van der Waals surface area contributed by atoms with Crippen LogP contribution in [0.4, 0.5) is 0 Å². The largest absolute Gasteiger partial charge is 0.461 e. The van der Waals surface area contributed by atoms with E-state index in [1.807, 2.05) is 43.3 Å². The first-order valence-corrected chi connectivity index (χ1v) is 12.5. The Morgan fingerprint density at radius 2 is 1.94 bits per heavy atom. The van der Waals surface area contributed by atoms with Crippen molar-refractivity contribution in [3.05, 3.63) is 80.5 Å². The zero-order valence-electron chi connectivity index (χ0n) is 18.9. The standard InChI is InChI=1S/C25H28ClN3O3S/c1-3-31-25(30)22-6-4-5-20(28-22)15-29-13-11-21(12-14-29)32-23(24-27-17(2)16-33-24)18-7-9-19(26)10-8-18/h4-10,16,21,23H,3,11-15H2,1-2H3. The van der Waals surface area contributed by atoms with E-state index in [0.29, 0.717) is 23.9 Å². The van der Waals surface area contributed by atoms with Crippen LogP contribution in [0.3, 0.4) is 0 Å². The highest BCUT2D eigenvalue weighted by Crippen LogP contribution is 2.32. The Labute approximate surface area is 203 Å². The van der Waals surface area contributed by atoms with E-state index in [4.69, 9.17) is 21.1 Å². The third-order valence-corrected chi connectivity index (χ3v) is 6.83. The average molecular weight is 486 g/mol. The molecule has 33 heavy (non-hydrogen) atoms. The number of nitrogens with zero attached hydrogens (tertiary/aromatic N) is 3. The highest BCUT2D eigenvalue weighted by atomic mass is 35.5. The number of aromatic nitrogens is 2. The molecule has 1 saturated heterocycles. The van der Waals surface area contributed by atoms with E-state index in [1.54, 1.807) is 24.3 Å². The predicted octanol–water partition coefficient (Wildman–Crippen LogP) is 5.45. The molecule has 1 unspecified atom stereocenters. The van der Waals surface area contributed by atoms with E-state index in [0.717, 1.165) is 47.9 Å². The van der Waals surface area contributed by atoms with Crippen molar-refractivity contribution in [2.45, 2.75) is 45.4 Å². The van der Waals surface area contributed by atoms with Crippen LogP contribution in [-0.4, -0.2) is 46.6 Å². The molecule has 0 N–H and O–H groups in total. The molecule has 1 aliphatic heterocycles. The van der Waals surface area contributed by atoms with Gasteiger partial charge in [0.05, 0.1) is 18.4 Å². The second-order valence-electron chi connectivity index (χ2n) is 8.10. The van der Waals surface area contributed by atoms with Gasteiger partial charge in [-0.25, -0.2) is 14.8 Å². The summed E-state index contributed by atoms with van der Waals surface area (Å²) in [5.41, 5.74) is 3.30. The smallest absolute Gasteiger partial charge is 0.356 e. The fourth-order valence-electron chi connectivity index (χ4n) is 3.92. The fourth-order valence-corrected chi connectivity index (χ4v) is 4.90. The number of pyridine rings is 1. The van der Waals surface area contributed by atoms with Gasteiger partial charge in [0.2, 0.25) is 0 Å². The van der Waals surface area contributed by atoms with E-state index in [9.17, 15) is 4.79 Å². The van der Waals surface area contributed by atoms with E-state index in [2.05, 4.69) is 20.2 Å². The SMILES string of the molecule is CCOC(=O)c1cccc(CN2CCC(OC(c3ccc(Cl)cc3)c3nc(C)cs3)CC2)n1. The molecule has 0 bridgehead atoms. The third-order valence-electron chi connectivity index (χ3n) is 5.57. The number of ether oxygens (including phenoxy) is 2. The van der Waals surface area contributed by atoms with Gasteiger partial charge in [-0.2, -0.15) is 0 Å². The summed E-state index contributed by atoms with van der Waals surface area (Å²) in [6.07, 6.45) is 1.79. The van der Waals surface area contributed by atoms with Crippen molar-refractivity contribution in [3.8, 4) is 0 Å². The van der Waals surface area contributed by atoms with E-state index in [1.165, 1.54) is 0 Å². The molecule has 0 amide bonds. The molecule has 2 aromatic heterocycles. The lowest BCUT2D eigenvalue weighted by Gasteiger charge is -2.33. The van der Waals surface area contributed by atoms with Gasteiger partial charge in [-0.05, 0) is 56.5 Å². The zero-order valence-corrected chi connectivity index (χ0v) is 20.4. The Balaban J connectivity index is 1.37. The molecule has 4 rings (SSSR count). The molecule has 174 valence electrons. The minimum atomic E-state index is -0.378. The minimum absolute atomic E-state index is 0.143. The van der Waals surface area contributed by atoms with Gasteiger partial charge in [-0.1, -0.05) is 29.8 Å². The number of piperidine rings is 1. The van der Waals surface area contributed by atoms with Crippen LogP contribution in [0, 0.1) is 6.92 Å². The number of rotatable bonds is 8. The number of hydrogen-bond donors (Lipinski definition) is 0. The lowest BCUT2D eigenvalue weighted by atomic mass is 10.1. The molecule has 3 aromatic rings. The number of carbonyl (C=O) groups is 1. The van der Waals surface area contributed by atoms with Gasteiger partial charge in [0.1, 0.15) is 16.8 Å². The van der Waals surface area contributed by atoms with Crippen LogP contribution >= 0.6 is 22.9 Å². The quantitative estimate of drug-likeness (QED) is 0.395. The molecule has 0 saturated carbocycles. The Hall–Kier alpha value is -2.32. The highest BCUT2D eigenvalue weighted by Gasteiger charge is 2.26. The molecule has 0 aliphatic carbocycles. The Morgan fingerprint density at radius 1 is 1.18 bits per heavy atom. The first-order valence-electron chi connectivity index (χ1n) is 11.2. The molecule has 8 heteroatoms. The first-order chi connectivity index (χ1) is 16.0. The molecule has 1 aromatic carbocycles. The van der Waals surface area contributed by atoms with Gasteiger partial charge >= 0.3 is 5.97 Å². The van der Waals surface area contributed by atoms with Gasteiger partial charge in [-0.15, -0.1) is 11.3 Å². The van der Waals surface area contributed by atoms with Gasteiger partial charge in [0.25, 0.3) is 0 Å². The van der Waals surface area contributed by atoms with Crippen LogP contribution in [0.2, 0.25) is 5.02 Å². The van der Waals surface area contributed by atoms with Crippen molar-refractivity contribution >= 4 is 28.9 Å². The van der Waals surface area contributed by atoms with Crippen molar-refractivity contribution in [1.82, 2.24) is 14.9 Å². The lowest BCUT2D eigenvalue weighted by Crippen LogP contribution is -2.37. The van der Waals surface area contributed by atoms with Crippen molar-refractivity contribution < 1.29 is 14.3 Å². The molecule has 0 radical (unpaired) electrons. The average Bonchev–Trinajstić information content (AvgIpc) is 3.25. The summed E-state index contributed by atoms with van der Waals surface area (Å²) in [6, 6.07) is 13.3. The second-order valence-corrected chi connectivity index (χ2v) is 9.43. The van der Waals surface area contributed by atoms with E-state index in [-0.39, 0.29) is 18.2 Å². The van der Waals surface area contributed by atoms with Crippen LogP contribution in [0.1, 0.15) is 58.3 Å². The minimum Gasteiger partial charge on any atom is -0.461 e. The maximum atomic E-state index is 12.0. The zero-order chi connectivity index (χ0) is 23.2. The molecule has 1 aliphatic rings. The Bertz CT molecular complexity index is 1060. The number of benzene rings is 1. The van der Waals surface area contributed by atoms with E-state index >= 15 is 0 Å². The number of aryl methyl sites for hydroxylation is 1. The summed E-state index contributed by atoms with van der Waals surface area (Å²) in [5.74, 6) is -0.378. The number of thiazole rings is 1. The lowest BCUT2D eigenvalue weighted by molar-refractivity contribution is -0.0283. The van der Waals surface area contributed by atoms with Crippen molar-refractivity contribution in [2.24, 2.45) is 0 Å². The second kappa shape index (κ2) is 11.2. The number of likely N-dealkylation sites (tertiary alicyclic amines) is 1. The fraction of sp³-hybridized carbons (Fsp3) is 0.400. The topological polar surface area (TPSA) is 64.5 Å². The monoisotopic (exact) mass is 485 g/mol. The van der Waals surface area contributed by atoms with Gasteiger partial charge < -0.3 is 9.47 Å². The summed E-state index contributed by atoms with van der Waals surface area (Å²) in [4.78, 5) is 23.5. The normalized spacial score (nSPS) is 16.0. The summed E-state index contributed by atoms with van der Waals surface area (Å²) in [6.45, 7) is 6.64. The molecular weight excluding hydrogens is 458 g/mol. The Kier molecular flexibility index (Phi) is 8.09. The van der Waals surface area contributed by atoms with Crippen LogP contribution in [0.5, 0.6) is 0 Å². The first kappa shape index (κ1) is 23.8. The maximum absolute atomic E-state index is 12.0. The van der Waals surface area contributed by atoms with Crippen LogP contribution in [-0.2, 0) is 16.0 Å². The molecule has 0 spiro atoms. The summed E-state index contributed by atoms with van der Waals surface area (Å²) in [7, 11) is 0. The molecular formula is C25H28ClN3O3S. The van der Waals surface area contributed by atoms with Gasteiger partial charge in [0.15, 0.2) is 0 Å². The van der Waals surface area contributed by atoms with Crippen LogP contribution in [0.25, 0.3) is 0 Å². The Morgan fingerprint density at radius 3 is 2.61 bits per heavy atom. The highest BCUT2D eigenvalue weighted by molar-refractivity contribution is 7.09. The van der Waals surface area contributed by atoms with Gasteiger partial charge in [0, 0.05) is 35.7 Å². The summed E-state index contributed by atoms with van der Waals surface area (Å²) in [5, 5.41) is 3.74. The van der Waals surface area contributed by atoms with Crippen LogP contribution in [0.15, 0.2) is 47.8 Å². The number of halogens is 1. The number of carbonyl (C=O) groups excluding carboxylic acids is 1.